The molecular weight excluding hydrogens is 511 g/mol. The quantitative estimate of drug-likeness (QED) is 0.379. The highest BCUT2D eigenvalue weighted by Crippen LogP contribution is 2.51. The lowest BCUT2D eigenvalue weighted by molar-refractivity contribution is -0.141. The van der Waals surface area contributed by atoms with Crippen molar-refractivity contribution >= 4 is 39.5 Å². The Labute approximate surface area is 203 Å². The molecule has 2 atom stereocenters. The molecule has 0 spiro atoms. The molecule has 15 heteroatoms. The van der Waals surface area contributed by atoms with Gasteiger partial charge in [-0.15, -0.1) is 0 Å². The Balaban J connectivity index is 1.76. The first kappa shape index (κ1) is 25.6. The van der Waals surface area contributed by atoms with E-state index in [0.717, 1.165) is 11.1 Å². The van der Waals surface area contributed by atoms with Crippen molar-refractivity contribution < 1.29 is 37.2 Å². The second-order valence-electron chi connectivity index (χ2n) is 9.17. The number of nitrogens with one attached hydrogen (secondary N) is 3. The number of hydrogen-bond donors (Lipinski definition) is 5. The molecular formula is C20H24F3N5O5S2. The molecule has 1 aliphatic heterocycles. The van der Waals surface area contributed by atoms with Gasteiger partial charge in [-0.2, -0.15) is 13.2 Å². The zero-order chi connectivity index (χ0) is 25.9. The first-order valence-electron chi connectivity index (χ1n) is 10.7. The van der Waals surface area contributed by atoms with Crippen molar-refractivity contribution in [3.05, 3.63) is 33.0 Å². The van der Waals surface area contributed by atoms with E-state index >= 15 is 0 Å². The van der Waals surface area contributed by atoms with Crippen molar-refractivity contribution in [2.24, 2.45) is 0 Å². The number of alkyl halides is 3. The molecule has 192 valence electrons. The van der Waals surface area contributed by atoms with Crippen LogP contribution in [0, 0.1) is 4.78 Å². The lowest BCUT2D eigenvalue weighted by Crippen LogP contribution is -2.47. The monoisotopic (exact) mass is 535 g/mol. The predicted octanol–water partition coefficient (Wildman–Crippen LogP) is 4.17. The van der Waals surface area contributed by atoms with Gasteiger partial charge in [0.2, 0.25) is 0 Å². The number of carbonyl (C=O) groups is 2. The number of amides is 3. The fourth-order valence-corrected chi connectivity index (χ4v) is 6.74. The third-order valence-corrected chi connectivity index (χ3v) is 9.32. The Hall–Kier alpha value is -2.52. The maximum absolute atomic E-state index is 13.9. The summed E-state index contributed by atoms with van der Waals surface area (Å²) in [6, 6.07) is -0.902. The van der Waals surface area contributed by atoms with Crippen LogP contribution >= 0.6 is 11.8 Å². The number of nitrogens with zero attached hydrogens (tertiary/aromatic N) is 2. The number of halogens is 3. The second kappa shape index (κ2) is 8.55. The smallest absolute Gasteiger partial charge is 0.433 e. The molecule has 1 aromatic heterocycles. The number of pyridine rings is 1. The molecule has 3 aliphatic rings. The molecule has 0 radical (unpaired) electrons. The van der Waals surface area contributed by atoms with Gasteiger partial charge in [-0.3, -0.25) is 4.90 Å². The summed E-state index contributed by atoms with van der Waals surface area (Å²) in [6.45, 7) is 2.72. The van der Waals surface area contributed by atoms with E-state index in [0.29, 0.717) is 49.4 Å². The normalized spacial score (nSPS) is 21.8. The summed E-state index contributed by atoms with van der Waals surface area (Å²) in [5.41, 5.74) is -1.79. The number of aryl methyl sites for hydroxylation is 1. The molecule has 1 unspecified atom stereocenters. The number of aromatic nitrogens is 1. The van der Waals surface area contributed by atoms with Gasteiger partial charge in [0.1, 0.15) is 15.3 Å². The van der Waals surface area contributed by atoms with Gasteiger partial charge < -0.3 is 15.5 Å². The average Bonchev–Trinajstić information content (AvgIpc) is 3.22. The van der Waals surface area contributed by atoms with Crippen LogP contribution in [0.1, 0.15) is 61.5 Å². The fourth-order valence-electron chi connectivity index (χ4n) is 4.24. The van der Waals surface area contributed by atoms with Crippen LogP contribution < -0.4 is 10.0 Å². The standard InChI is InChI=1S/C20H24F3N5O5S2/c1-19(2,32)16-28(8-12(34-16)35(24,33)27-18(30)31)17(29)26-14-10-4-3-5-11(10)25-15(20(21,22)23)13(14)9-6-7-9/h8-9,16,32H,3-7H2,1-2H3,(H,30,31)(H2,24,27,33)(H,25,26,29)/t16-,35?/m0/s1. The minimum Gasteiger partial charge on any atom is -0.464 e. The highest BCUT2D eigenvalue weighted by Gasteiger charge is 2.46. The second-order valence-corrected chi connectivity index (χ2v) is 12.3. The summed E-state index contributed by atoms with van der Waals surface area (Å²) >= 11 is 0.664. The summed E-state index contributed by atoms with van der Waals surface area (Å²) in [7, 11) is -4.06. The van der Waals surface area contributed by atoms with E-state index in [2.05, 4.69) is 10.3 Å². The lowest BCUT2D eigenvalue weighted by atomic mass is 10.00. The zero-order valence-corrected chi connectivity index (χ0v) is 20.4. The molecule has 3 amide bonds. The van der Waals surface area contributed by atoms with Crippen LogP contribution in [0.5, 0.6) is 0 Å². The fraction of sp³-hybridized carbons (Fsp3) is 0.550. The topological polar surface area (TPSA) is 156 Å². The first-order valence-corrected chi connectivity index (χ1v) is 13.2. The summed E-state index contributed by atoms with van der Waals surface area (Å²) in [6.07, 6.45) is -2.98. The predicted molar refractivity (Wildman–Crippen MR) is 122 cm³/mol. The van der Waals surface area contributed by atoms with E-state index in [4.69, 9.17) is 9.89 Å². The zero-order valence-electron chi connectivity index (χ0n) is 18.7. The molecule has 1 saturated carbocycles. The Morgan fingerprint density at radius 1 is 1.29 bits per heavy atom. The Morgan fingerprint density at radius 2 is 1.94 bits per heavy atom. The first-order chi connectivity index (χ1) is 16.1. The van der Waals surface area contributed by atoms with Crippen LogP contribution in [0.3, 0.4) is 0 Å². The lowest BCUT2D eigenvalue weighted by Gasteiger charge is -2.32. The molecule has 0 saturated heterocycles. The van der Waals surface area contributed by atoms with E-state index in [1.807, 2.05) is 0 Å². The van der Waals surface area contributed by atoms with E-state index in [-0.39, 0.29) is 21.2 Å². The van der Waals surface area contributed by atoms with Crippen molar-refractivity contribution in [3.63, 3.8) is 0 Å². The summed E-state index contributed by atoms with van der Waals surface area (Å²) in [4.78, 5) is 29.2. The number of carbonyl (C=O) groups excluding carboxylic acids is 1. The van der Waals surface area contributed by atoms with Gasteiger partial charge in [-0.1, -0.05) is 11.8 Å². The molecule has 10 nitrogen and oxygen atoms in total. The molecule has 0 bridgehead atoms. The SMILES string of the molecule is CC(C)(O)[C@@H]1SC(S(=N)(=O)NC(=O)O)=CN1C(=O)Nc1c2c(nc(C(F)(F)F)c1C1CC1)CCC2. The Kier molecular flexibility index (Phi) is 6.25. The van der Waals surface area contributed by atoms with E-state index in [1.165, 1.54) is 13.8 Å². The third-order valence-electron chi connectivity index (χ3n) is 5.83. The number of hydrogen-bond acceptors (Lipinski definition) is 7. The number of urea groups is 1. The van der Waals surface area contributed by atoms with Crippen molar-refractivity contribution in [3.8, 4) is 0 Å². The van der Waals surface area contributed by atoms with Crippen molar-refractivity contribution in [2.75, 3.05) is 5.32 Å². The number of rotatable bonds is 5. The van der Waals surface area contributed by atoms with Gasteiger partial charge in [0.25, 0.3) is 0 Å². The molecule has 2 heterocycles. The summed E-state index contributed by atoms with van der Waals surface area (Å²) in [5, 5.41) is 21.0. The minimum atomic E-state index is -4.71. The van der Waals surface area contributed by atoms with Crippen LogP contribution in [-0.2, 0) is 28.9 Å². The van der Waals surface area contributed by atoms with E-state index in [1.54, 1.807) is 4.72 Å². The highest BCUT2D eigenvalue weighted by molar-refractivity contribution is 8.19. The summed E-state index contributed by atoms with van der Waals surface area (Å²) in [5.74, 6) is -0.392. The Morgan fingerprint density at radius 3 is 2.49 bits per heavy atom. The average molecular weight is 536 g/mol. The summed E-state index contributed by atoms with van der Waals surface area (Å²) < 4.78 is 63.4. The van der Waals surface area contributed by atoms with Gasteiger partial charge in [0.05, 0.1) is 11.3 Å². The minimum absolute atomic E-state index is 0.0563. The third kappa shape index (κ3) is 5.07. The molecule has 4 rings (SSSR count). The molecule has 35 heavy (non-hydrogen) atoms. The molecule has 2 aliphatic carbocycles. The van der Waals surface area contributed by atoms with E-state index in [9.17, 15) is 32.1 Å². The number of anilines is 1. The van der Waals surface area contributed by atoms with Crippen LogP contribution in [-0.4, -0.2) is 47.4 Å². The maximum atomic E-state index is 13.9. The van der Waals surface area contributed by atoms with Crippen molar-refractivity contribution in [1.29, 1.82) is 4.78 Å². The number of fused-ring (bicyclic) bond motifs is 1. The Bertz CT molecular complexity index is 1220. The maximum Gasteiger partial charge on any atom is 0.433 e. The molecule has 0 aromatic carbocycles. The van der Waals surface area contributed by atoms with Crippen molar-refractivity contribution in [1.82, 2.24) is 14.6 Å². The van der Waals surface area contributed by atoms with Gasteiger partial charge >= 0.3 is 18.3 Å². The van der Waals surface area contributed by atoms with Crippen LogP contribution in [0.4, 0.5) is 28.4 Å². The highest BCUT2D eigenvalue weighted by atomic mass is 32.3. The van der Waals surface area contributed by atoms with Gasteiger partial charge in [-0.05, 0) is 57.4 Å². The van der Waals surface area contributed by atoms with Gasteiger partial charge in [0, 0.05) is 17.5 Å². The van der Waals surface area contributed by atoms with Gasteiger partial charge in [-0.25, -0.2) is 28.3 Å². The molecule has 1 aromatic rings. The van der Waals surface area contributed by atoms with Crippen molar-refractivity contribution in [2.45, 2.75) is 69.0 Å². The van der Waals surface area contributed by atoms with E-state index < -0.39 is 50.8 Å². The van der Waals surface area contributed by atoms with Gasteiger partial charge in [0.15, 0.2) is 9.92 Å². The largest absolute Gasteiger partial charge is 0.464 e. The van der Waals surface area contributed by atoms with Crippen LogP contribution in [0.2, 0.25) is 0 Å². The number of carboxylic acid groups (broad SMARTS) is 1. The number of thioether (sulfide) groups is 1. The number of aliphatic hydroxyl groups is 1. The molecule has 1 fully saturated rings. The van der Waals surface area contributed by atoms with Crippen LogP contribution in [0.25, 0.3) is 0 Å². The molecule has 5 N–H and O–H groups in total. The van der Waals surface area contributed by atoms with Crippen LogP contribution in [0.15, 0.2) is 10.4 Å².